The second kappa shape index (κ2) is 5.64. The van der Waals surface area contributed by atoms with Gasteiger partial charge in [-0.15, -0.1) is 0 Å². The highest BCUT2D eigenvalue weighted by molar-refractivity contribution is 8.14. The van der Waals surface area contributed by atoms with Gasteiger partial charge in [-0.3, -0.25) is 14.5 Å². The molecule has 22 heavy (non-hydrogen) atoms. The van der Waals surface area contributed by atoms with Crippen molar-refractivity contribution in [3.63, 3.8) is 0 Å². The Labute approximate surface area is 131 Å². The zero-order chi connectivity index (χ0) is 15.9. The summed E-state index contributed by atoms with van der Waals surface area (Å²) in [5, 5.41) is -0.332. The summed E-state index contributed by atoms with van der Waals surface area (Å²) in [6.07, 6.45) is 0. The number of thioether (sulfide) groups is 1. The summed E-state index contributed by atoms with van der Waals surface area (Å²) in [7, 11) is -3.66. The van der Waals surface area contributed by atoms with Crippen LogP contribution in [0.15, 0.2) is 24.3 Å². The molecule has 2 aliphatic rings. The molecule has 1 aromatic carbocycles. The summed E-state index contributed by atoms with van der Waals surface area (Å²) in [5.41, 5.74) is 0.106. The third-order valence-electron chi connectivity index (χ3n) is 3.67. The molecular weight excluding hydrogens is 331 g/mol. The molecule has 2 aliphatic heterocycles. The molecule has 1 aromatic rings. The standard InChI is InChI=1S/C13H13FN2O4S2/c14-11-4-2-1-3-9(11)8-22(19,20)15-5-10(6-15)16-12(17)7-21-13(16)18/h1-4,10H,5-8H2. The van der Waals surface area contributed by atoms with E-state index < -0.39 is 27.6 Å². The van der Waals surface area contributed by atoms with Crippen molar-refractivity contribution in [2.75, 3.05) is 18.8 Å². The van der Waals surface area contributed by atoms with Crippen LogP contribution in [-0.2, 0) is 20.6 Å². The lowest BCUT2D eigenvalue weighted by atomic mass is 10.1. The maximum absolute atomic E-state index is 13.5. The zero-order valence-corrected chi connectivity index (χ0v) is 13.1. The van der Waals surface area contributed by atoms with Gasteiger partial charge in [0.1, 0.15) is 5.82 Å². The highest BCUT2D eigenvalue weighted by Gasteiger charge is 2.45. The van der Waals surface area contributed by atoms with E-state index in [0.717, 1.165) is 16.7 Å². The van der Waals surface area contributed by atoms with Gasteiger partial charge in [0.2, 0.25) is 15.9 Å². The summed E-state index contributed by atoms with van der Waals surface area (Å²) in [5.74, 6) is -1.17. The highest BCUT2D eigenvalue weighted by Crippen LogP contribution is 2.28. The van der Waals surface area contributed by atoms with Crippen molar-refractivity contribution in [3.8, 4) is 0 Å². The Kier molecular flexibility index (Phi) is 3.96. The number of imide groups is 1. The number of carbonyl (C=O) groups excluding carboxylic acids is 2. The number of nitrogens with zero attached hydrogens (tertiary/aromatic N) is 2. The lowest BCUT2D eigenvalue weighted by Crippen LogP contribution is -2.62. The van der Waals surface area contributed by atoms with Gasteiger partial charge in [0.05, 0.1) is 17.5 Å². The van der Waals surface area contributed by atoms with E-state index in [-0.39, 0.29) is 35.6 Å². The van der Waals surface area contributed by atoms with Crippen molar-refractivity contribution in [1.82, 2.24) is 9.21 Å². The van der Waals surface area contributed by atoms with E-state index in [1.54, 1.807) is 6.07 Å². The summed E-state index contributed by atoms with van der Waals surface area (Å²) < 4.78 is 39.2. The minimum Gasteiger partial charge on any atom is -0.273 e. The largest absolute Gasteiger partial charge is 0.289 e. The monoisotopic (exact) mass is 344 g/mol. The average molecular weight is 344 g/mol. The summed E-state index contributed by atoms with van der Waals surface area (Å²) >= 11 is 0.924. The first kappa shape index (κ1) is 15.4. The van der Waals surface area contributed by atoms with Crippen LogP contribution in [0.2, 0.25) is 0 Å². The van der Waals surface area contributed by atoms with Gasteiger partial charge in [-0.05, 0) is 6.07 Å². The van der Waals surface area contributed by atoms with Crippen molar-refractivity contribution in [3.05, 3.63) is 35.6 Å². The van der Waals surface area contributed by atoms with E-state index in [9.17, 15) is 22.4 Å². The molecule has 2 heterocycles. The van der Waals surface area contributed by atoms with Crippen molar-refractivity contribution in [2.24, 2.45) is 0 Å². The first-order valence-electron chi connectivity index (χ1n) is 6.58. The Bertz CT molecular complexity index is 715. The molecule has 2 amide bonds. The summed E-state index contributed by atoms with van der Waals surface area (Å²) in [4.78, 5) is 24.3. The van der Waals surface area contributed by atoms with Crippen LogP contribution in [0.1, 0.15) is 5.56 Å². The smallest absolute Gasteiger partial charge is 0.273 e. The number of hydrogen-bond acceptors (Lipinski definition) is 5. The maximum atomic E-state index is 13.5. The number of sulfonamides is 1. The number of amides is 2. The topological polar surface area (TPSA) is 74.8 Å². The second-order valence-corrected chi connectivity index (χ2v) is 8.03. The van der Waals surface area contributed by atoms with Crippen molar-refractivity contribution in [1.29, 1.82) is 0 Å². The molecule has 0 aliphatic carbocycles. The molecule has 9 heteroatoms. The normalized spacial score (nSPS) is 20.5. The Balaban J connectivity index is 1.65. The van der Waals surface area contributed by atoms with Gasteiger partial charge in [0.15, 0.2) is 0 Å². The van der Waals surface area contributed by atoms with E-state index >= 15 is 0 Å². The van der Waals surface area contributed by atoms with Gasteiger partial charge in [0.25, 0.3) is 5.24 Å². The fraction of sp³-hybridized carbons (Fsp3) is 0.385. The fourth-order valence-electron chi connectivity index (χ4n) is 2.43. The van der Waals surface area contributed by atoms with Crippen molar-refractivity contribution >= 4 is 32.9 Å². The van der Waals surface area contributed by atoms with E-state index in [1.807, 2.05) is 0 Å². The molecule has 2 saturated heterocycles. The van der Waals surface area contributed by atoms with Gasteiger partial charge in [-0.25, -0.2) is 12.8 Å². The summed E-state index contributed by atoms with van der Waals surface area (Å²) in [6, 6.07) is 5.29. The first-order chi connectivity index (χ1) is 10.4. The first-order valence-corrected chi connectivity index (χ1v) is 9.18. The number of halogens is 1. The molecule has 6 nitrogen and oxygen atoms in total. The Morgan fingerprint density at radius 2 is 1.91 bits per heavy atom. The van der Waals surface area contributed by atoms with Gasteiger partial charge in [-0.1, -0.05) is 30.0 Å². The quantitative estimate of drug-likeness (QED) is 0.816. The summed E-state index contributed by atoms with van der Waals surface area (Å²) in [6.45, 7) is 0.156. The van der Waals surface area contributed by atoms with Gasteiger partial charge >= 0.3 is 0 Å². The molecule has 3 rings (SSSR count). The molecule has 2 fully saturated rings. The van der Waals surface area contributed by atoms with Crippen LogP contribution in [0.3, 0.4) is 0 Å². The second-order valence-electron chi connectivity index (χ2n) is 5.14. The predicted molar refractivity (Wildman–Crippen MR) is 79.1 cm³/mol. The Morgan fingerprint density at radius 1 is 1.23 bits per heavy atom. The van der Waals surface area contributed by atoms with E-state index in [1.165, 1.54) is 22.5 Å². The molecule has 0 radical (unpaired) electrons. The molecule has 0 unspecified atom stereocenters. The number of hydrogen-bond donors (Lipinski definition) is 0. The average Bonchev–Trinajstić information content (AvgIpc) is 2.71. The lowest BCUT2D eigenvalue weighted by molar-refractivity contribution is -0.127. The van der Waals surface area contributed by atoms with E-state index in [4.69, 9.17) is 0 Å². The molecule has 0 atom stereocenters. The van der Waals surface area contributed by atoms with Crippen LogP contribution in [0, 0.1) is 5.82 Å². The van der Waals surface area contributed by atoms with E-state index in [0.29, 0.717) is 0 Å². The lowest BCUT2D eigenvalue weighted by Gasteiger charge is -2.41. The molecule has 0 aromatic heterocycles. The van der Waals surface area contributed by atoms with Crippen LogP contribution in [0.5, 0.6) is 0 Å². The van der Waals surface area contributed by atoms with Crippen LogP contribution in [0.4, 0.5) is 9.18 Å². The fourth-order valence-corrected chi connectivity index (χ4v) is 4.81. The number of rotatable bonds is 4. The molecular formula is C13H13FN2O4S2. The zero-order valence-electron chi connectivity index (χ0n) is 11.4. The molecule has 0 bridgehead atoms. The number of benzene rings is 1. The van der Waals surface area contributed by atoms with Gasteiger partial charge < -0.3 is 0 Å². The van der Waals surface area contributed by atoms with Gasteiger partial charge in [0, 0.05) is 18.7 Å². The van der Waals surface area contributed by atoms with Crippen molar-refractivity contribution < 1.29 is 22.4 Å². The van der Waals surface area contributed by atoms with Crippen LogP contribution in [0.25, 0.3) is 0 Å². The Hall–Kier alpha value is -1.45. The molecule has 118 valence electrons. The Morgan fingerprint density at radius 3 is 2.50 bits per heavy atom. The molecule has 0 N–H and O–H groups in total. The van der Waals surface area contributed by atoms with Crippen molar-refractivity contribution in [2.45, 2.75) is 11.8 Å². The van der Waals surface area contributed by atoms with Crippen LogP contribution in [-0.4, -0.2) is 53.7 Å². The molecule has 0 saturated carbocycles. The molecule has 0 spiro atoms. The highest BCUT2D eigenvalue weighted by atomic mass is 32.2. The van der Waals surface area contributed by atoms with Crippen LogP contribution < -0.4 is 0 Å². The minimum absolute atomic E-state index is 0.0782. The SMILES string of the molecule is O=C1CSC(=O)N1C1CN(S(=O)(=O)Cc2ccccc2F)C1. The number of carbonyl (C=O) groups is 2. The predicted octanol–water partition coefficient (Wildman–Crippen LogP) is 1.04. The third-order valence-corrected chi connectivity index (χ3v) is 6.26. The van der Waals surface area contributed by atoms with E-state index in [2.05, 4.69) is 0 Å². The van der Waals surface area contributed by atoms with Gasteiger partial charge in [-0.2, -0.15) is 4.31 Å². The third kappa shape index (κ3) is 2.75. The van der Waals surface area contributed by atoms with Crippen LogP contribution >= 0.6 is 11.8 Å². The minimum atomic E-state index is -3.66. The maximum Gasteiger partial charge on any atom is 0.289 e.